The molecule has 0 heterocycles. The Kier molecular flexibility index (Phi) is 4.19. The van der Waals surface area contributed by atoms with Crippen LogP contribution in [0.15, 0.2) is 18.2 Å². The summed E-state index contributed by atoms with van der Waals surface area (Å²) in [6, 6.07) is 4.13. The Morgan fingerprint density at radius 2 is 1.85 bits per heavy atom. The minimum absolute atomic E-state index is 0.137. The third-order valence-electron chi connectivity index (χ3n) is 3.63. The van der Waals surface area contributed by atoms with Gasteiger partial charge in [-0.25, -0.2) is 0 Å². The summed E-state index contributed by atoms with van der Waals surface area (Å²) in [5.41, 5.74) is -1.27. The van der Waals surface area contributed by atoms with Gasteiger partial charge >= 0.3 is 0 Å². The molecule has 6 nitrogen and oxygen atoms in total. The van der Waals surface area contributed by atoms with Gasteiger partial charge < -0.3 is 10.4 Å². The molecule has 6 heteroatoms. The molecule has 1 rings (SSSR count). The fourth-order valence-corrected chi connectivity index (χ4v) is 1.47. The summed E-state index contributed by atoms with van der Waals surface area (Å²) in [4.78, 5) is 22.5. The van der Waals surface area contributed by atoms with Crippen molar-refractivity contribution in [3.05, 3.63) is 39.4 Å². The third-order valence-corrected chi connectivity index (χ3v) is 3.63. The second-order valence-electron chi connectivity index (χ2n) is 5.89. The van der Waals surface area contributed by atoms with E-state index >= 15 is 0 Å². The topological polar surface area (TPSA) is 92.5 Å². The maximum absolute atomic E-state index is 12.3. The molecule has 0 aliphatic heterocycles. The van der Waals surface area contributed by atoms with Crippen molar-refractivity contribution >= 4 is 11.6 Å². The van der Waals surface area contributed by atoms with E-state index < -0.39 is 22.0 Å². The zero-order valence-electron chi connectivity index (χ0n) is 12.4. The Morgan fingerprint density at radius 1 is 1.30 bits per heavy atom. The van der Waals surface area contributed by atoms with E-state index in [0.29, 0.717) is 5.56 Å². The molecule has 0 saturated heterocycles. The molecule has 110 valence electrons. The van der Waals surface area contributed by atoms with Crippen LogP contribution in [0.3, 0.4) is 0 Å². The molecule has 0 saturated carbocycles. The molecule has 0 aromatic heterocycles. The molecule has 2 N–H and O–H groups in total. The molecular weight excluding hydrogens is 260 g/mol. The number of rotatable bonds is 4. The van der Waals surface area contributed by atoms with E-state index in [9.17, 15) is 20.0 Å². The Morgan fingerprint density at radius 3 is 2.30 bits per heavy atom. The number of carbonyl (C=O) groups excluding carboxylic acids is 1. The van der Waals surface area contributed by atoms with Gasteiger partial charge in [-0.15, -0.1) is 0 Å². The first-order valence-electron chi connectivity index (χ1n) is 6.25. The lowest BCUT2D eigenvalue weighted by atomic mass is 9.85. The van der Waals surface area contributed by atoms with Crippen molar-refractivity contribution < 1.29 is 14.8 Å². The highest BCUT2D eigenvalue weighted by Crippen LogP contribution is 2.23. The molecule has 0 radical (unpaired) electrons. The predicted octanol–water partition coefficient (Wildman–Crippen LogP) is 2.18. The Labute approximate surface area is 118 Å². The van der Waals surface area contributed by atoms with Gasteiger partial charge in [0.2, 0.25) is 0 Å². The second-order valence-corrected chi connectivity index (χ2v) is 5.89. The van der Waals surface area contributed by atoms with Crippen molar-refractivity contribution in [2.75, 3.05) is 0 Å². The van der Waals surface area contributed by atoms with E-state index in [1.807, 2.05) is 0 Å². The van der Waals surface area contributed by atoms with Gasteiger partial charge in [-0.3, -0.25) is 14.9 Å². The molecule has 0 spiro atoms. The zero-order valence-corrected chi connectivity index (χ0v) is 12.4. The molecule has 0 aliphatic carbocycles. The van der Waals surface area contributed by atoms with Crippen LogP contribution in [0.4, 0.5) is 5.69 Å². The van der Waals surface area contributed by atoms with Gasteiger partial charge in [-0.2, -0.15) is 0 Å². The first kappa shape index (κ1) is 16.1. The summed E-state index contributed by atoms with van der Waals surface area (Å²) in [6.07, 6.45) is 0. The van der Waals surface area contributed by atoms with Crippen LogP contribution in [0.25, 0.3) is 0 Å². The van der Waals surface area contributed by atoms with Gasteiger partial charge in [0.05, 0.1) is 16.1 Å². The smallest absolute Gasteiger partial charge is 0.270 e. The summed E-state index contributed by atoms with van der Waals surface area (Å²) in [5.74, 6) is -0.446. The number of nitro benzene ring substituents is 1. The summed E-state index contributed by atoms with van der Waals surface area (Å²) in [6.45, 7) is 8.27. The fourth-order valence-electron chi connectivity index (χ4n) is 1.47. The summed E-state index contributed by atoms with van der Waals surface area (Å²) in [7, 11) is 0. The fraction of sp³-hybridized carbons (Fsp3) is 0.500. The van der Waals surface area contributed by atoms with Crippen LogP contribution in [0, 0.1) is 17.0 Å². The van der Waals surface area contributed by atoms with E-state index in [4.69, 9.17) is 0 Å². The number of non-ortho nitro benzene ring substituents is 1. The lowest BCUT2D eigenvalue weighted by Crippen LogP contribution is -2.57. The van der Waals surface area contributed by atoms with Crippen molar-refractivity contribution in [3.63, 3.8) is 0 Å². The predicted molar refractivity (Wildman–Crippen MR) is 75.7 cm³/mol. The van der Waals surface area contributed by atoms with Gasteiger partial charge in [0, 0.05) is 17.7 Å². The normalized spacial score (nSPS) is 12.1. The number of aliphatic hydroxyl groups is 1. The number of hydrogen-bond donors (Lipinski definition) is 2. The summed E-state index contributed by atoms with van der Waals surface area (Å²) in [5, 5.41) is 23.5. The van der Waals surface area contributed by atoms with Crippen LogP contribution in [0.1, 0.15) is 43.6 Å². The molecule has 1 aromatic rings. The highest BCUT2D eigenvalue weighted by atomic mass is 16.6. The quantitative estimate of drug-likeness (QED) is 0.653. The molecule has 0 atom stereocenters. The molecule has 0 unspecified atom stereocenters. The van der Waals surface area contributed by atoms with Crippen molar-refractivity contribution in [2.24, 2.45) is 0 Å². The van der Waals surface area contributed by atoms with Gasteiger partial charge in [-0.1, -0.05) is 6.07 Å². The van der Waals surface area contributed by atoms with Crippen LogP contribution < -0.4 is 5.32 Å². The SMILES string of the molecule is Cc1ccc([N+](=O)[O-])cc1C(=O)NC(C)(C)C(C)(C)O. The number of nitrogens with zero attached hydrogens (tertiary/aromatic N) is 1. The van der Waals surface area contributed by atoms with Crippen molar-refractivity contribution in [1.29, 1.82) is 0 Å². The second kappa shape index (κ2) is 5.20. The molecule has 1 aromatic carbocycles. The minimum Gasteiger partial charge on any atom is -0.388 e. The zero-order chi connectivity index (χ0) is 15.7. The monoisotopic (exact) mass is 280 g/mol. The number of hydrogen-bond acceptors (Lipinski definition) is 4. The number of benzene rings is 1. The number of nitrogens with one attached hydrogen (secondary N) is 1. The van der Waals surface area contributed by atoms with E-state index in [2.05, 4.69) is 5.32 Å². The third kappa shape index (κ3) is 3.33. The summed E-state index contributed by atoms with van der Waals surface area (Å²) < 4.78 is 0. The molecule has 0 bridgehead atoms. The van der Waals surface area contributed by atoms with Crippen LogP contribution in [0.5, 0.6) is 0 Å². The Hall–Kier alpha value is -1.95. The van der Waals surface area contributed by atoms with Crippen molar-refractivity contribution in [2.45, 2.75) is 45.8 Å². The Bertz CT molecular complexity index is 545. The standard InChI is InChI=1S/C14H20N2O4/c1-9-6-7-10(16(19)20)8-11(9)12(17)15-13(2,3)14(4,5)18/h6-8,18H,1-5H3,(H,15,17). The number of carbonyl (C=O) groups is 1. The lowest BCUT2D eigenvalue weighted by molar-refractivity contribution is -0.384. The van der Waals surface area contributed by atoms with Crippen LogP contribution in [0.2, 0.25) is 0 Å². The molecule has 0 fully saturated rings. The van der Waals surface area contributed by atoms with Gasteiger partial charge in [0.1, 0.15) is 0 Å². The highest BCUT2D eigenvalue weighted by Gasteiger charge is 2.36. The van der Waals surface area contributed by atoms with E-state index in [0.717, 1.165) is 0 Å². The van der Waals surface area contributed by atoms with E-state index in [1.165, 1.54) is 18.2 Å². The molecule has 0 aliphatic rings. The highest BCUT2D eigenvalue weighted by molar-refractivity contribution is 5.96. The number of aryl methyl sites for hydroxylation is 1. The average Bonchev–Trinajstić information content (AvgIpc) is 2.26. The lowest BCUT2D eigenvalue weighted by Gasteiger charge is -2.38. The molecular formula is C14H20N2O4. The maximum Gasteiger partial charge on any atom is 0.270 e. The first-order valence-corrected chi connectivity index (χ1v) is 6.25. The van der Waals surface area contributed by atoms with Crippen molar-refractivity contribution in [3.8, 4) is 0 Å². The maximum atomic E-state index is 12.3. The molecule has 20 heavy (non-hydrogen) atoms. The van der Waals surface area contributed by atoms with Crippen molar-refractivity contribution in [1.82, 2.24) is 5.32 Å². The first-order chi connectivity index (χ1) is 8.95. The number of nitro groups is 1. The number of amides is 1. The summed E-state index contributed by atoms with van der Waals surface area (Å²) >= 11 is 0. The van der Waals surface area contributed by atoms with Gasteiger partial charge in [0.25, 0.3) is 11.6 Å². The Balaban J connectivity index is 3.10. The molecule has 1 amide bonds. The largest absolute Gasteiger partial charge is 0.388 e. The van der Waals surface area contributed by atoms with Crippen LogP contribution in [-0.2, 0) is 0 Å². The van der Waals surface area contributed by atoms with E-state index in [-0.39, 0.29) is 11.3 Å². The van der Waals surface area contributed by atoms with Crippen LogP contribution in [-0.4, -0.2) is 27.1 Å². The van der Waals surface area contributed by atoms with E-state index in [1.54, 1.807) is 34.6 Å². The van der Waals surface area contributed by atoms with Crippen LogP contribution >= 0.6 is 0 Å². The van der Waals surface area contributed by atoms with Gasteiger partial charge in [-0.05, 0) is 40.2 Å². The van der Waals surface area contributed by atoms with Gasteiger partial charge in [0.15, 0.2) is 0 Å². The minimum atomic E-state index is -1.13. The average molecular weight is 280 g/mol.